The second kappa shape index (κ2) is 12.1. The number of rotatable bonds is 10. The monoisotopic (exact) mass is 556 g/mol. The lowest BCUT2D eigenvalue weighted by Crippen LogP contribution is -2.52. The van der Waals surface area contributed by atoms with Crippen molar-refractivity contribution in [2.24, 2.45) is 0 Å². The van der Waals surface area contributed by atoms with Crippen molar-refractivity contribution < 1.29 is 4.74 Å². The van der Waals surface area contributed by atoms with Gasteiger partial charge in [-0.1, -0.05) is 24.3 Å². The van der Waals surface area contributed by atoms with E-state index in [1.807, 2.05) is 12.4 Å². The number of piperazine rings is 1. The number of hydrogen-bond acceptors (Lipinski definition) is 8. The van der Waals surface area contributed by atoms with Crippen molar-refractivity contribution in [3.05, 3.63) is 64.9 Å². The van der Waals surface area contributed by atoms with Gasteiger partial charge < -0.3 is 24.8 Å². The Morgan fingerprint density at radius 1 is 1.10 bits per heavy atom. The molecule has 0 saturated carbocycles. The van der Waals surface area contributed by atoms with Crippen molar-refractivity contribution in [2.45, 2.75) is 76.0 Å². The van der Waals surface area contributed by atoms with Gasteiger partial charge in [0.2, 0.25) is 0 Å². The Kier molecular flexibility index (Phi) is 7.91. The molecule has 0 bridgehead atoms. The molecule has 5 heterocycles. The maximum absolute atomic E-state index is 6.31. The van der Waals surface area contributed by atoms with Gasteiger partial charge in [0.15, 0.2) is 0 Å². The van der Waals surface area contributed by atoms with E-state index in [1.54, 1.807) is 11.1 Å². The zero-order chi connectivity index (χ0) is 27.6. The number of aromatic nitrogens is 4. The first-order chi connectivity index (χ1) is 20.2. The smallest absolute Gasteiger partial charge is 0.318 e. The first kappa shape index (κ1) is 26.9. The number of likely N-dealkylation sites (N-methyl/N-ethyl adjacent to an activating group) is 1. The van der Waals surface area contributed by atoms with Crippen LogP contribution in [0.5, 0.6) is 6.01 Å². The summed E-state index contributed by atoms with van der Waals surface area (Å²) in [7, 11) is 2.19. The number of imidazole rings is 1. The summed E-state index contributed by atoms with van der Waals surface area (Å²) in [5.74, 6) is 2.81. The molecular formula is C32H44N8O. The SMILES string of the molecule is CN1CCC[C@H]1COc1nc2c(c(N3CCN[C@@H](Cc4ncc[nH]4)C3)n1)CN(CCCC1CCc3ccccc31)C2. The van der Waals surface area contributed by atoms with Crippen LogP contribution in [0.4, 0.5) is 5.82 Å². The Hall–Kier alpha value is -3.01. The molecule has 9 heteroatoms. The first-order valence-corrected chi connectivity index (χ1v) is 15.7. The van der Waals surface area contributed by atoms with Gasteiger partial charge >= 0.3 is 6.01 Å². The maximum Gasteiger partial charge on any atom is 0.318 e. The third-order valence-electron chi connectivity index (χ3n) is 9.72. The molecule has 0 amide bonds. The minimum absolute atomic E-state index is 0.323. The van der Waals surface area contributed by atoms with Gasteiger partial charge in [-0.2, -0.15) is 9.97 Å². The molecule has 2 saturated heterocycles. The molecule has 1 aliphatic carbocycles. The number of ether oxygens (including phenoxy) is 1. The third kappa shape index (κ3) is 5.98. The minimum atomic E-state index is 0.323. The van der Waals surface area contributed by atoms with Crippen LogP contribution in [0.1, 0.15) is 66.2 Å². The number of anilines is 1. The second-order valence-electron chi connectivity index (χ2n) is 12.5. The molecule has 218 valence electrons. The summed E-state index contributed by atoms with van der Waals surface area (Å²) in [6.45, 7) is 7.46. The molecule has 2 N–H and O–H groups in total. The van der Waals surface area contributed by atoms with Crippen LogP contribution in [0, 0.1) is 0 Å². The Morgan fingerprint density at radius 2 is 2.05 bits per heavy atom. The van der Waals surface area contributed by atoms with Gasteiger partial charge in [-0.15, -0.1) is 0 Å². The fourth-order valence-electron chi connectivity index (χ4n) is 7.43. The normalized spacial score (nSPS) is 24.6. The number of aromatic amines is 1. The number of nitrogens with one attached hydrogen (secondary N) is 2. The zero-order valence-corrected chi connectivity index (χ0v) is 24.4. The van der Waals surface area contributed by atoms with Crippen molar-refractivity contribution in [3.8, 4) is 6.01 Å². The summed E-state index contributed by atoms with van der Waals surface area (Å²) in [4.78, 5) is 25.2. The molecule has 0 radical (unpaired) electrons. The fourth-order valence-corrected chi connectivity index (χ4v) is 7.43. The van der Waals surface area contributed by atoms with Crippen molar-refractivity contribution in [3.63, 3.8) is 0 Å². The lowest BCUT2D eigenvalue weighted by atomic mass is 9.96. The lowest BCUT2D eigenvalue weighted by Gasteiger charge is -2.35. The number of H-pyrrole nitrogens is 1. The van der Waals surface area contributed by atoms with E-state index < -0.39 is 0 Å². The Balaban J connectivity index is 1.04. The fraction of sp³-hybridized carbons (Fsp3) is 0.594. The summed E-state index contributed by atoms with van der Waals surface area (Å²) < 4.78 is 6.31. The highest BCUT2D eigenvalue weighted by Crippen LogP contribution is 2.37. The van der Waals surface area contributed by atoms with Gasteiger partial charge in [-0.05, 0) is 75.7 Å². The van der Waals surface area contributed by atoms with E-state index in [9.17, 15) is 0 Å². The van der Waals surface area contributed by atoms with E-state index in [0.717, 1.165) is 69.6 Å². The number of nitrogens with zero attached hydrogens (tertiary/aromatic N) is 6. The van der Waals surface area contributed by atoms with Crippen LogP contribution >= 0.6 is 0 Å². The van der Waals surface area contributed by atoms with Crippen LogP contribution < -0.4 is 15.0 Å². The molecule has 4 aliphatic rings. The Bertz CT molecular complexity index is 1310. The second-order valence-corrected chi connectivity index (χ2v) is 12.5. The summed E-state index contributed by atoms with van der Waals surface area (Å²) in [6.07, 6.45) is 12.0. The third-order valence-corrected chi connectivity index (χ3v) is 9.72. The molecule has 0 spiro atoms. The largest absolute Gasteiger partial charge is 0.462 e. The highest BCUT2D eigenvalue weighted by atomic mass is 16.5. The molecule has 2 aromatic heterocycles. The maximum atomic E-state index is 6.31. The van der Waals surface area contributed by atoms with Gasteiger partial charge in [0, 0.05) is 69.2 Å². The molecular weight excluding hydrogens is 512 g/mol. The quantitative estimate of drug-likeness (QED) is 0.393. The van der Waals surface area contributed by atoms with Crippen LogP contribution in [0.25, 0.3) is 0 Å². The van der Waals surface area contributed by atoms with Crippen LogP contribution in [0.3, 0.4) is 0 Å². The van der Waals surface area contributed by atoms with E-state index in [-0.39, 0.29) is 0 Å². The molecule has 3 aliphatic heterocycles. The summed E-state index contributed by atoms with van der Waals surface area (Å²) in [6, 6.07) is 10.4. The highest BCUT2D eigenvalue weighted by Gasteiger charge is 2.31. The molecule has 3 atom stereocenters. The topological polar surface area (TPSA) is 85.4 Å². The number of hydrogen-bond donors (Lipinski definition) is 2. The van der Waals surface area contributed by atoms with Crippen LogP contribution in [-0.2, 0) is 25.9 Å². The molecule has 2 fully saturated rings. The Morgan fingerprint density at radius 3 is 2.93 bits per heavy atom. The molecule has 3 aromatic rings. The predicted octanol–water partition coefficient (Wildman–Crippen LogP) is 3.52. The number of likely N-dealkylation sites (tertiary alicyclic amines) is 1. The molecule has 1 unspecified atom stereocenters. The van der Waals surface area contributed by atoms with E-state index in [1.165, 1.54) is 44.1 Å². The van der Waals surface area contributed by atoms with E-state index in [4.69, 9.17) is 14.7 Å². The van der Waals surface area contributed by atoms with Gasteiger partial charge in [0.05, 0.1) is 5.69 Å². The molecule has 1 aromatic carbocycles. The van der Waals surface area contributed by atoms with Gasteiger partial charge in [-0.25, -0.2) is 4.98 Å². The highest BCUT2D eigenvalue weighted by molar-refractivity contribution is 5.52. The predicted molar refractivity (Wildman–Crippen MR) is 160 cm³/mol. The molecule has 7 rings (SSSR count). The van der Waals surface area contributed by atoms with Gasteiger partial charge in [-0.3, -0.25) is 4.90 Å². The first-order valence-electron chi connectivity index (χ1n) is 15.7. The summed E-state index contributed by atoms with van der Waals surface area (Å²) in [5.41, 5.74) is 5.59. The average molecular weight is 557 g/mol. The van der Waals surface area contributed by atoms with Crippen LogP contribution in [-0.4, -0.2) is 88.2 Å². The lowest BCUT2D eigenvalue weighted by molar-refractivity contribution is 0.187. The van der Waals surface area contributed by atoms with Gasteiger partial charge in [0.1, 0.15) is 18.2 Å². The summed E-state index contributed by atoms with van der Waals surface area (Å²) in [5, 5.41) is 3.68. The van der Waals surface area contributed by atoms with Crippen LogP contribution in [0.2, 0.25) is 0 Å². The zero-order valence-electron chi connectivity index (χ0n) is 24.4. The van der Waals surface area contributed by atoms with Crippen molar-refractivity contribution in [2.75, 3.05) is 51.3 Å². The number of aryl methyl sites for hydroxylation is 1. The summed E-state index contributed by atoms with van der Waals surface area (Å²) >= 11 is 0. The number of benzene rings is 1. The standard InChI is InChI=1S/C32H44N8O/c1-38-15-5-8-26(38)22-41-32-36-29-21-39(16-4-7-24-11-10-23-6-2-3-9-27(23)24)20-28(29)31(37-32)40-17-14-33-25(19-40)18-30-34-12-13-35-30/h2-3,6,9,12-13,24-26,33H,4-5,7-8,10-11,14-22H2,1H3,(H,34,35)/t24?,25-,26-/m0/s1. The van der Waals surface area contributed by atoms with Crippen molar-refractivity contribution >= 4 is 5.82 Å². The minimum Gasteiger partial charge on any atom is -0.462 e. The Labute approximate surface area is 243 Å². The average Bonchev–Trinajstić information content (AvgIpc) is 3.80. The van der Waals surface area contributed by atoms with Crippen molar-refractivity contribution in [1.82, 2.24) is 35.1 Å². The molecule has 9 nitrogen and oxygen atoms in total. The van der Waals surface area contributed by atoms with E-state index >= 15 is 0 Å². The van der Waals surface area contributed by atoms with E-state index in [2.05, 4.69) is 61.3 Å². The van der Waals surface area contributed by atoms with Crippen LogP contribution in [0.15, 0.2) is 36.7 Å². The molecule has 41 heavy (non-hydrogen) atoms. The number of fused-ring (bicyclic) bond motifs is 2. The van der Waals surface area contributed by atoms with Crippen molar-refractivity contribution in [1.29, 1.82) is 0 Å². The van der Waals surface area contributed by atoms with E-state index in [0.29, 0.717) is 30.6 Å². The van der Waals surface area contributed by atoms with Gasteiger partial charge in [0.25, 0.3) is 0 Å².